The number of aliphatic hydroxyl groups is 1. The van der Waals surface area contributed by atoms with Crippen molar-refractivity contribution in [1.29, 1.82) is 0 Å². The second-order valence-electron chi connectivity index (χ2n) is 2.31. The predicted octanol–water partition coefficient (Wildman–Crippen LogP) is -1.11. The molecular formula is C5H14N2O3S. The summed E-state index contributed by atoms with van der Waals surface area (Å²) < 4.78 is 22.3. The molecule has 0 heterocycles. The number of aliphatic hydroxyl groups excluding tert-OH is 1. The molecule has 0 aliphatic rings. The van der Waals surface area contributed by atoms with Crippen LogP contribution in [0.4, 0.5) is 0 Å². The highest BCUT2D eigenvalue weighted by molar-refractivity contribution is 7.86. The standard InChI is InChI=1S/C5H14N2O3S/c1-3-5(4-8)7(2)11(6,9)10/h5,8H,3-4H2,1-2H3,(H2,6,9,10). The van der Waals surface area contributed by atoms with E-state index >= 15 is 0 Å². The van der Waals surface area contributed by atoms with Gasteiger partial charge in [-0.15, -0.1) is 0 Å². The smallest absolute Gasteiger partial charge is 0.276 e. The van der Waals surface area contributed by atoms with Gasteiger partial charge in [-0.1, -0.05) is 6.92 Å². The molecule has 0 rings (SSSR count). The Balaban J connectivity index is 4.33. The number of likely N-dealkylation sites (N-methyl/N-ethyl adjacent to an activating group) is 1. The molecule has 1 atom stereocenters. The van der Waals surface area contributed by atoms with Gasteiger partial charge in [0.25, 0.3) is 10.2 Å². The van der Waals surface area contributed by atoms with E-state index in [9.17, 15) is 8.42 Å². The van der Waals surface area contributed by atoms with Crippen LogP contribution in [0.5, 0.6) is 0 Å². The lowest BCUT2D eigenvalue weighted by Crippen LogP contribution is -2.42. The van der Waals surface area contributed by atoms with Crippen molar-refractivity contribution in [2.24, 2.45) is 5.14 Å². The Morgan fingerprint density at radius 2 is 2.09 bits per heavy atom. The van der Waals surface area contributed by atoms with Crippen LogP contribution in [0.1, 0.15) is 13.3 Å². The van der Waals surface area contributed by atoms with E-state index < -0.39 is 16.3 Å². The molecule has 5 nitrogen and oxygen atoms in total. The van der Waals surface area contributed by atoms with Gasteiger partial charge in [0.15, 0.2) is 0 Å². The highest BCUT2D eigenvalue weighted by atomic mass is 32.2. The van der Waals surface area contributed by atoms with Gasteiger partial charge < -0.3 is 5.11 Å². The summed E-state index contributed by atoms with van der Waals surface area (Å²) in [5.74, 6) is 0. The normalized spacial score (nSPS) is 15.4. The molecule has 0 amide bonds. The van der Waals surface area contributed by atoms with Crippen molar-refractivity contribution in [3.8, 4) is 0 Å². The number of hydrogen-bond donors (Lipinski definition) is 2. The van der Waals surface area contributed by atoms with Crippen molar-refractivity contribution in [3.63, 3.8) is 0 Å². The molecule has 0 aromatic heterocycles. The lowest BCUT2D eigenvalue weighted by Gasteiger charge is -2.21. The minimum absolute atomic E-state index is 0.205. The highest BCUT2D eigenvalue weighted by Crippen LogP contribution is 2.02. The molecule has 68 valence electrons. The van der Waals surface area contributed by atoms with Crippen LogP contribution in [0.2, 0.25) is 0 Å². The molecule has 0 saturated carbocycles. The molecule has 0 fully saturated rings. The van der Waals surface area contributed by atoms with Gasteiger partial charge in [0.1, 0.15) is 0 Å². The molecule has 0 aliphatic heterocycles. The molecule has 6 heteroatoms. The van der Waals surface area contributed by atoms with Gasteiger partial charge in [0.05, 0.1) is 6.61 Å². The van der Waals surface area contributed by atoms with Crippen molar-refractivity contribution in [2.45, 2.75) is 19.4 Å². The van der Waals surface area contributed by atoms with Crippen molar-refractivity contribution in [3.05, 3.63) is 0 Å². The van der Waals surface area contributed by atoms with Gasteiger partial charge in [0, 0.05) is 13.1 Å². The highest BCUT2D eigenvalue weighted by Gasteiger charge is 2.20. The summed E-state index contributed by atoms with van der Waals surface area (Å²) in [5.41, 5.74) is 0. The van der Waals surface area contributed by atoms with Gasteiger partial charge >= 0.3 is 0 Å². The summed E-state index contributed by atoms with van der Waals surface area (Å²) in [6, 6.07) is -0.412. The summed E-state index contributed by atoms with van der Waals surface area (Å²) in [6.07, 6.45) is 0.545. The van der Waals surface area contributed by atoms with E-state index in [0.29, 0.717) is 6.42 Å². The van der Waals surface area contributed by atoms with E-state index in [2.05, 4.69) is 0 Å². The fourth-order valence-corrected chi connectivity index (χ4v) is 1.34. The van der Waals surface area contributed by atoms with Gasteiger partial charge in [-0.05, 0) is 6.42 Å². The first-order valence-electron chi connectivity index (χ1n) is 3.30. The number of nitrogens with two attached hydrogens (primary N) is 1. The quantitative estimate of drug-likeness (QED) is 0.578. The van der Waals surface area contributed by atoms with Gasteiger partial charge in [-0.2, -0.15) is 12.7 Å². The average molecular weight is 182 g/mol. The molecule has 0 radical (unpaired) electrons. The first-order valence-corrected chi connectivity index (χ1v) is 4.80. The summed E-state index contributed by atoms with van der Waals surface area (Å²) in [5, 5.41) is 13.5. The Labute approximate surface area is 67.0 Å². The second kappa shape index (κ2) is 4.01. The van der Waals surface area contributed by atoms with Crippen LogP contribution in [0, 0.1) is 0 Å². The van der Waals surface area contributed by atoms with Crippen LogP contribution in [0.25, 0.3) is 0 Å². The third kappa shape index (κ3) is 3.15. The zero-order chi connectivity index (χ0) is 9.07. The Hall–Kier alpha value is -0.170. The maximum Gasteiger partial charge on any atom is 0.276 e. The zero-order valence-corrected chi connectivity index (χ0v) is 7.50. The third-order valence-electron chi connectivity index (χ3n) is 1.60. The number of nitrogens with zero attached hydrogens (tertiary/aromatic N) is 1. The van der Waals surface area contributed by atoms with Crippen molar-refractivity contribution in [1.82, 2.24) is 4.31 Å². The van der Waals surface area contributed by atoms with Crippen LogP contribution in [-0.2, 0) is 10.2 Å². The Morgan fingerprint density at radius 3 is 2.18 bits per heavy atom. The molecule has 0 aromatic carbocycles. The largest absolute Gasteiger partial charge is 0.395 e. The topological polar surface area (TPSA) is 83.6 Å². The van der Waals surface area contributed by atoms with E-state index in [0.717, 1.165) is 4.31 Å². The van der Waals surface area contributed by atoms with E-state index in [1.807, 2.05) is 0 Å². The zero-order valence-electron chi connectivity index (χ0n) is 6.69. The molecule has 1 unspecified atom stereocenters. The predicted molar refractivity (Wildman–Crippen MR) is 42.0 cm³/mol. The Bertz CT molecular complexity index is 198. The summed E-state index contributed by atoms with van der Waals surface area (Å²) >= 11 is 0. The molecule has 0 bridgehead atoms. The molecule has 0 spiro atoms. The summed E-state index contributed by atoms with van der Waals surface area (Å²) in [7, 11) is -2.31. The minimum Gasteiger partial charge on any atom is -0.395 e. The van der Waals surface area contributed by atoms with E-state index in [4.69, 9.17) is 10.2 Å². The lowest BCUT2D eigenvalue weighted by atomic mass is 10.2. The Kier molecular flexibility index (Phi) is 3.95. The van der Waals surface area contributed by atoms with Crippen LogP contribution < -0.4 is 5.14 Å². The monoisotopic (exact) mass is 182 g/mol. The summed E-state index contributed by atoms with van der Waals surface area (Å²) in [4.78, 5) is 0. The van der Waals surface area contributed by atoms with E-state index in [1.54, 1.807) is 6.92 Å². The van der Waals surface area contributed by atoms with Gasteiger partial charge in [-0.25, -0.2) is 5.14 Å². The van der Waals surface area contributed by atoms with Gasteiger partial charge in [0.2, 0.25) is 0 Å². The maximum atomic E-state index is 10.7. The first kappa shape index (κ1) is 10.8. The van der Waals surface area contributed by atoms with Crippen LogP contribution in [-0.4, -0.2) is 37.5 Å². The van der Waals surface area contributed by atoms with Crippen molar-refractivity contribution >= 4 is 10.2 Å². The number of rotatable bonds is 4. The first-order chi connectivity index (χ1) is 4.93. The molecule has 0 aliphatic carbocycles. The fourth-order valence-electron chi connectivity index (χ4n) is 0.709. The SMILES string of the molecule is CCC(CO)N(C)S(N)(=O)=O. The summed E-state index contributed by atoms with van der Waals surface area (Å²) in [6.45, 7) is 1.58. The molecular weight excluding hydrogens is 168 g/mol. The minimum atomic E-state index is -3.65. The second-order valence-corrected chi connectivity index (χ2v) is 3.91. The molecule has 11 heavy (non-hydrogen) atoms. The van der Waals surface area contributed by atoms with Crippen LogP contribution in [0.15, 0.2) is 0 Å². The van der Waals surface area contributed by atoms with Crippen molar-refractivity contribution in [2.75, 3.05) is 13.7 Å². The third-order valence-corrected chi connectivity index (χ3v) is 2.70. The molecule has 0 aromatic rings. The average Bonchev–Trinajstić information content (AvgIpc) is 1.88. The van der Waals surface area contributed by atoms with Crippen LogP contribution >= 0.6 is 0 Å². The van der Waals surface area contributed by atoms with E-state index in [1.165, 1.54) is 7.05 Å². The fraction of sp³-hybridized carbons (Fsp3) is 1.00. The molecule has 3 N–H and O–H groups in total. The van der Waals surface area contributed by atoms with Gasteiger partial charge in [-0.3, -0.25) is 0 Å². The lowest BCUT2D eigenvalue weighted by molar-refractivity contribution is 0.198. The Morgan fingerprint density at radius 1 is 1.64 bits per heavy atom. The maximum absolute atomic E-state index is 10.7. The van der Waals surface area contributed by atoms with E-state index in [-0.39, 0.29) is 6.61 Å². The number of hydrogen-bond acceptors (Lipinski definition) is 3. The van der Waals surface area contributed by atoms with Crippen LogP contribution in [0.3, 0.4) is 0 Å². The molecule has 0 saturated heterocycles. The van der Waals surface area contributed by atoms with Crippen molar-refractivity contribution < 1.29 is 13.5 Å².